The van der Waals surface area contributed by atoms with Gasteiger partial charge in [0.2, 0.25) is 0 Å². The lowest BCUT2D eigenvalue weighted by atomic mass is 9.94. The number of H-pyrrole nitrogens is 1. The minimum Gasteiger partial charge on any atom is -0.357 e. The summed E-state index contributed by atoms with van der Waals surface area (Å²) in [4.78, 5) is 3.58. The van der Waals surface area contributed by atoms with Crippen molar-refractivity contribution in [3.63, 3.8) is 0 Å². The summed E-state index contributed by atoms with van der Waals surface area (Å²) in [7, 11) is 0. The lowest BCUT2D eigenvalue weighted by Gasteiger charge is -2.24. The first kappa shape index (κ1) is 12.0. The monoisotopic (exact) mass is 282 g/mol. The van der Waals surface area contributed by atoms with Crippen molar-refractivity contribution in [1.82, 2.24) is 10.3 Å². The third-order valence-corrected chi connectivity index (χ3v) is 4.31. The van der Waals surface area contributed by atoms with E-state index >= 15 is 0 Å². The van der Waals surface area contributed by atoms with Crippen molar-refractivity contribution in [3.8, 4) is 0 Å². The van der Waals surface area contributed by atoms with Crippen LogP contribution in [0.3, 0.4) is 0 Å². The van der Waals surface area contributed by atoms with E-state index in [1.54, 1.807) is 0 Å². The molecule has 4 rings (SSSR count). The van der Waals surface area contributed by atoms with Crippen LogP contribution in [0.2, 0.25) is 5.02 Å². The Bertz CT molecular complexity index is 758. The molecule has 0 spiro atoms. The van der Waals surface area contributed by atoms with Gasteiger partial charge in [-0.25, -0.2) is 0 Å². The Hall–Kier alpha value is -1.77. The van der Waals surface area contributed by atoms with Crippen molar-refractivity contribution < 1.29 is 0 Å². The Morgan fingerprint density at radius 1 is 1.00 bits per heavy atom. The molecular weight excluding hydrogens is 268 g/mol. The van der Waals surface area contributed by atoms with Gasteiger partial charge in [-0.1, -0.05) is 41.9 Å². The van der Waals surface area contributed by atoms with Gasteiger partial charge in [0.05, 0.1) is 6.04 Å². The average molecular weight is 283 g/mol. The molecule has 1 aliphatic heterocycles. The fraction of sp³-hybridized carbons (Fsp3) is 0.176. The molecule has 0 amide bonds. The molecule has 2 nitrogen and oxygen atoms in total. The highest BCUT2D eigenvalue weighted by Crippen LogP contribution is 2.33. The highest BCUT2D eigenvalue weighted by molar-refractivity contribution is 6.30. The maximum atomic E-state index is 5.99. The SMILES string of the molecule is Clc1ccc([C@@H]2NCCc3c2[nH]c2ccccc32)cc1. The number of benzene rings is 2. The molecule has 0 aliphatic carbocycles. The molecule has 0 saturated heterocycles. The summed E-state index contributed by atoms with van der Waals surface area (Å²) in [5.74, 6) is 0. The van der Waals surface area contributed by atoms with E-state index in [4.69, 9.17) is 11.6 Å². The van der Waals surface area contributed by atoms with Gasteiger partial charge in [-0.15, -0.1) is 0 Å². The fourth-order valence-electron chi connectivity index (χ4n) is 3.12. The standard InChI is InChI=1S/C17H15ClN2/c18-12-7-5-11(6-8-12)16-17-14(9-10-19-16)13-3-1-2-4-15(13)20-17/h1-8,16,19-20H,9-10H2/t16-/m0/s1. The molecule has 3 heteroatoms. The molecule has 0 saturated carbocycles. The fourth-order valence-corrected chi connectivity index (χ4v) is 3.25. The summed E-state index contributed by atoms with van der Waals surface area (Å²) >= 11 is 5.99. The van der Waals surface area contributed by atoms with Crippen molar-refractivity contribution in [2.45, 2.75) is 12.5 Å². The van der Waals surface area contributed by atoms with Crippen LogP contribution in [-0.2, 0) is 6.42 Å². The van der Waals surface area contributed by atoms with Crippen LogP contribution in [0.5, 0.6) is 0 Å². The second-order valence-electron chi connectivity index (χ2n) is 5.25. The molecular formula is C17H15ClN2. The molecule has 2 N–H and O–H groups in total. The third kappa shape index (κ3) is 1.84. The van der Waals surface area contributed by atoms with Crippen LogP contribution in [0.1, 0.15) is 22.9 Å². The van der Waals surface area contributed by atoms with Gasteiger partial charge < -0.3 is 10.3 Å². The van der Waals surface area contributed by atoms with Crippen LogP contribution in [0.4, 0.5) is 0 Å². The second kappa shape index (κ2) is 4.65. The van der Waals surface area contributed by atoms with Crippen LogP contribution < -0.4 is 5.32 Å². The van der Waals surface area contributed by atoms with E-state index in [2.05, 4.69) is 46.7 Å². The first-order valence-corrected chi connectivity index (χ1v) is 7.29. The van der Waals surface area contributed by atoms with Gasteiger partial charge in [0.15, 0.2) is 0 Å². The van der Waals surface area contributed by atoms with E-state index in [0.717, 1.165) is 18.0 Å². The number of aromatic amines is 1. The largest absolute Gasteiger partial charge is 0.357 e. The minimum atomic E-state index is 0.225. The quantitative estimate of drug-likeness (QED) is 0.692. The van der Waals surface area contributed by atoms with Crippen LogP contribution in [0, 0.1) is 0 Å². The molecule has 3 aromatic rings. The number of nitrogens with one attached hydrogen (secondary N) is 2. The lowest BCUT2D eigenvalue weighted by molar-refractivity contribution is 0.560. The van der Waals surface area contributed by atoms with Crippen molar-refractivity contribution in [3.05, 3.63) is 70.4 Å². The van der Waals surface area contributed by atoms with Gasteiger partial charge in [-0.2, -0.15) is 0 Å². The maximum Gasteiger partial charge on any atom is 0.0732 e. The van der Waals surface area contributed by atoms with E-state index in [1.165, 1.54) is 27.7 Å². The zero-order chi connectivity index (χ0) is 13.5. The smallest absolute Gasteiger partial charge is 0.0732 e. The third-order valence-electron chi connectivity index (χ3n) is 4.06. The predicted molar refractivity (Wildman–Crippen MR) is 83.3 cm³/mol. The number of halogens is 1. The van der Waals surface area contributed by atoms with Crippen LogP contribution in [0.15, 0.2) is 48.5 Å². The predicted octanol–water partition coefficient (Wildman–Crippen LogP) is 4.06. The molecule has 1 aromatic heterocycles. The van der Waals surface area contributed by atoms with Gasteiger partial charge in [0.1, 0.15) is 0 Å². The van der Waals surface area contributed by atoms with Gasteiger partial charge in [0, 0.05) is 28.2 Å². The number of fused-ring (bicyclic) bond motifs is 3. The Labute approximate surface area is 122 Å². The van der Waals surface area contributed by atoms with Gasteiger partial charge in [0.25, 0.3) is 0 Å². The molecule has 0 bridgehead atoms. The molecule has 1 aliphatic rings. The minimum absolute atomic E-state index is 0.225. The van der Waals surface area contributed by atoms with Gasteiger partial charge in [-0.05, 0) is 35.7 Å². The van der Waals surface area contributed by atoms with Crippen molar-refractivity contribution in [1.29, 1.82) is 0 Å². The molecule has 100 valence electrons. The molecule has 0 radical (unpaired) electrons. The highest BCUT2D eigenvalue weighted by atomic mass is 35.5. The van der Waals surface area contributed by atoms with Crippen molar-refractivity contribution in [2.75, 3.05) is 6.54 Å². The molecule has 2 aromatic carbocycles. The summed E-state index contributed by atoms with van der Waals surface area (Å²) in [6.07, 6.45) is 1.07. The average Bonchev–Trinajstić information content (AvgIpc) is 2.87. The topological polar surface area (TPSA) is 27.8 Å². The Kier molecular flexibility index (Phi) is 2.79. The number of hydrogen-bond acceptors (Lipinski definition) is 1. The van der Waals surface area contributed by atoms with Gasteiger partial charge in [-0.3, -0.25) is 0 Å². The summed E-state index contributed by atoms with van der Waals surface area (Å²) in [5, 5.41) is 5.73. The van der Waals surface area contributed by atoms with Crippen molar-refractivity contribution in [2.24, 2.45) is 0 Å². The van der Waals surface area contributed by atoms with Crippen molar-refractivity contribution >= 4 is 22.5 Å². The number of para-hydroxylation sites is 1. The zero-order valence-electron chi connectivity index (χ0n) is 11.0. The molecule has 0 unspecified atom stereocenters. The lowest BCUT2D eigenvalue weighted by Crippen LogP contribution is -2.30. The molecule has 20 heavy (non-hydrogen) atoms. The molecule has 0 fully saturated rings. The van der Waals surface area contributed by atoms with Crippen LogP contribution >= 0.6 is 11.6 Å². The summed E-state index contributed by atoms with van der Waals surface area (Å²) in [6.45, 7) is 1.00. The van der Waals surface area contributed by atoms with Crippen LogP contribution in [0.25, 0.3) is 10.9 Å². The second-order valence-corrected chi connectivity index (χ2v) is 5.69. The van der Waals surface area contributed by atoms with Gasteiger partial charge >= 0.3 is 0 Å². The number of rotatable bonds is 1. The normalized spacial score (nSPS) is 18.1. The van der Waals surface area contributed by atoms with E-state index in [9.17, 15) is 0 Å². The Balaban J connectivity index is 1.87. The first-order valence-electron chi connectivity index (χ1n) is 6.91. The number of aromatic nitrogens is 1. The number of hydrogen-bond donors (Lipinski definition) is 2. The molecule has 2 heterocycles. The Morgan fingerprint density at radius 3 is 2.65 bits per heavy atom. The van der Waals surface area contributed by atoms with E-state index < -0.39 is 0 Å². The maximum absolute atomic E-state index is 5.99. The first-order chi connectivity index (χ1) is 9.83. The zero-order valence-corrected chi connectivity index (χ0v) is 11.7. The van der Waals surface area contributed by atoms with E-state index in [0.29, 0.717) is 0 Å². The van der Waals surface area contributed by atoms with Crippen LogP contribution in [-0.4, -0.2) is 11.5 Å². The Morgan fingerprint density at radius 2 is 1.80 bits per heavy atom. The highest BCUT2D eigenvalue weighted by Gasteiger charge is 2.24. The summed E-state index contributed by atoms with van der Waals surface area (Å²) in [5.41, 5.74) is 5.21. The summed E-state index contributed by atoms with van der Waals surface area (Å²) in [6, 6.07) is 16.9. The van der Waals surface area contributed by atoms with E-state index in [-0.39, 0.29) is 6.04 Å². The summed E-state index contributed by atoms with van der Waals surface area (Å²) < 4.78 is 0. The van der Waals surface area contributed by atoms with E-state index in [1.807, 2.05) is 12.1 Å². The molecule has 1 atom stereocenters.